The Morgan fingerprint density at radius 1 is 1.29 bits per heavy atom. The fraction of sp³-hybridized carbons (Fsp3) is 0.143. The lowest BCUT2D eigenvalue weighted by atomic mass is 10.1. The van der Waals surface area contributed by atoms with E-state index in [4.69, 9.17) is 4.52 Å². The summed E-state index contributed by atoms with van der Waals surface area (Å²) >= 11 is 0. The van der Waals surface area contributed by atoms with E-state index < -0.39 is 29.2 Å². The second-order valence-corrected chi connectivity index (χ2v) is 5.05. The second-order valence-electron chi connectivity index (χ2n) is 5.05. The van der Waals surface area contributed by atoms with E-state index in [0.717, 1.165) is 17.0 Å². The minimum atomic E-state index is -0.759. The normalized spacial score (nSPS) is 13.1. The van der Waals surface area contributed by atoms with E-state index in [1.165, 1.54) is 12.1 Å². The van der Waals surface area contributed by atoms with Crippen LogP contribution in [0, 0.1) is 17.0 Å². The molecule has 10 heteroatoms. The van der Waals surface area contributed by atoms with Crippen LogP contribution in [0.5, 0.6) is 0 Å². The van der Waals surface area contributed by atoms with Gasteiger partial charge in [0.1, 0.15) is 12.3 Å². The highest BCUT2D eigenvalue weighted by molar-refractivity contribution is 6.23. The van der Waals surface area contributed by atoms with Gasteiger partial charge < -0.3 is 9.84 Å². The lowest BCUT2D eigenvalue weighted by Crippen LogP contribution is -2.37. The molecule has 3 rings (SSSR count). The van der Waals surface area contributed by atoms with Crippen molar-refractivity contribution in [3.63, 3.8) is 0 Å². The molecule has 0 radical (unpaired) electrons. The molecule has 0 fully saturated rings. The van der Waals surface area contributed by atoms with E-state index in [0.29, 0.717) is 5.76 Å². The molecular formula is C14H10N4O6. The summed E-state index contributed by atoms with van der Waals surface area (Å²) in [6.07, 6.45) is 0. The van der Waals surface area contributed by atoms with Gasteiger partial charge in [0.15, 0.2) is 5.82 Å². The number of hydrogen-bond donors (Lipinski definition) is 1. The lowest BCUT2D eigenvalue weighted by Gasteiger charge is -2.12. The predicted molar refractivity (Wildman–Crippen MR) is 78.3 cm³/mol. The van der Waals surface area contributed by atoms with Gasteiger partial charge in [-0.05, 0) is 13.0 Å². The van der Waals surface area contributed by atoms with Crippen LogP contribution >= 0.6 is 0 Å². The standard InChI is InChI=1S/C14H10N4O6/c1-7-4-11(16-24-7)15-12(19)6-17-13(20)9-3-2-8(18(22)23)5-10(9)14(17)21/h2-5H,6H2,1H3,(H,15,16,19). The molecule has 0 aliphatic carbocycles. The summed E-state index contributed by atoms with van der Waals surface area (Å²) < 4.78 is 4.79. The molecule has 0 unspecified atom stereocenters. The highest BCUT2D eigenvalue weighted by Gasteiger charge is 2.37. The summed E-state index contributed by atoms with van der Waals surface area (Å²) in [7, 11) is 0. The number of nitrogens with one attached hydrogen (secondary N) is 1. The first-order chi connectivity index (χ1) is 11.4. The summed E-state index contributed by atoms with van der Waals surface area (Å²) in [5, 5.41) is 16.7. The van der Waals surface area contributed by atoms with Crippen molar-refractivity contribution in [2.24, 2.45) is 0 Å². The molecule has 0 bridgehead atoms. The van der Waals surface area contributed by atoms with Crippen LogP contribution in [0.2, 0.25) is 0 Å². The Bertz CT molecular complexity index is 887. The zero-order chi connectivity index (χ0) is 17.4. The van der Waals surface area contributed by atoms with E-state index in [-0.39, 0.29) is 22.6 Å². The number of aryl methyl sites for hydroxylation is 1. The molecule has 1 N–H and O–H groups in total. The number of carbonyl (C=O) groups is 3. The number of hydrogen-bond acceptors (Lipinski definition) is 7. The number of aromatic nitrogens is 1. The van der Waals surface area contributed by atoms with Crippen molar-refractivity contribution < 1.29 is 23.8 Å². The third-order valence-corrected chi connectivity index (χ3v) is 3.36. The zero-order valence-electron chi connectivity index (χ0n) is 12.3. The van der Waals surface area contributed by atoms with Crippen molar-refractivity contribution in [1.29, 1.82) is 0 Å². The summed E-state index contributed by atoms with van der Waals surface area (Å²) in [5.74, 6) is -1.45. The third-order valence-electron chi connectivity index (χ3n) is 3.36. The first kappa shape index (κ1) is 15.3. The molecule has 0 saturated heterocycles. The van der Waals surface area contributed by atoms with Gasteiger partial charge in [0.2, 0.25) is 5.91 Å². The van der Waals surface area contributed by atoms with E-state index in [1.54, 1.807) is 6.92 Å². The van der Waals surface area contributed by atoms with Gasteiger partial charge in [-0.3, -0.25) is 29.4 Å². The average Bonchev–Trinajstić information content (AvgIpc) is 3.04. The molecule has 2 aromatic rings. The average molecular weight is 330 g/mol. The second kappa shape index (κ2) is 5.57. The maximum absolute atomic E-state index is 12.2. The number of anilines is 1. The first-order valence-corrected chi connectivity index (χ1v) is 6.74. The monoisotopic (exact) mass is 330 g/mol. The van der Waals surface area contributed by atoms with Crippen LogP contribution in [-0.4, -0.2) is 39.2 Å². The van der Waals surface area contributed by atoms with Crippen LogP contribution in [0.1, 0.15) is 26.5 Å². The van der Waals surface area contributed by atoms with Crippen molar-refractivity contribution in [2.75, 3.05) is 11.9 Å². The van der Waals surface area contributed by atoms with E-state index in [2.05, 4.69) is 10.5 Å². The van der Waals surface area contributed by atoms with Crippen LogP contribution in [0.15, 0.2) is 28.8 Å². The molecule has 1 aromatic carbocycles. The van der Waals surface area contributed by atoms with Crippen molar-refractivity contribution in [3.8, 4) is 0 Å². The van der Waals surface area contributed by atoms with Crippen LogP contribution in [0.3, 0.4) is 0 Å². The van der Waals surface area contributed by atoms with Crippen LogP contribution in [-0.2, 0) is 4.79 Å². The number of amides is 3. The minimum absolute atomic E-state index is 0.0238. The number of non-ortho nitro benzene ring substituents is 1. The van der Waals surface area contributed by atoms with Crippen molar-refractivity contribution in [1.82, 2.24) is 10.1 Å². The molecular weight excluding hydrogens is 320 g/mol. The Kier molecular flexibility index (Phi) is 3.56. The number of fused-ring (bicyclic) bond motifs is 1. The fourth-order valence-corrected chi connectivity index (χ4v) is 2.29. The molecule has 0 saturated carbocycles. The molecule has 24 heavy (non-hydrogen) atoms. The molecule has 1 aliphatic rings. The lowest BCUT2D eigenvalue weighted by molar-refractivity contribution is -0.384. The van der Waals surface area contributed by atoms with Crippen molar-refractivity contribution >= 4 is 29.2 Å². The predicted octanol–water partition coefficient (Wildman–Crippen LogP) is 1.13. The van der Waals surface area contributed by atoms with Gasteiger partial charge in [0.25, 0.3) is 17.5 Å². The van der Waals surface area contributed by atoms with Gasteiger partial charge in [-0.25, -0.2) is 0 Å². The van der Waals surface area contributed by atoms with Gasteiger partial charge in [0, 0.05) is 18.2 Å². The van der Waals surface area contributed by atoms with Gasteiger partial charge in [-0.15, -0.1) is 0 Å². The Morgan fingerprint density at radius 3 is 2.62 bits per heavy atom. The van der Waals surface area contributed by atoms with Crippen molar-refractivity contribution in [3.05, 3.63) is 51.3 Å². The highest BCUT2D eigenvalue weighted by Crippen LogP contribution is 2.26. The minimum Gasteiger partial charge on any atom is -0.360 e. The van der Waals surface area contributed by atoms with Gasteiger partial charge >= 0.3 is 0 Å². The Balaban J connectivity index is 1.78. The van der Waals surface area contributed by atoms with E-state index in [1.807, 2.05) is 0 Å². The highest BCUT2D eigenvalue weighted by atomic mass is 16.6. The quantitative estimate of drug-likeness (QED) is 0.504. The number of nitro benzene ring substituents is 1. The van der Waals surface area contributed by atoms with Crippen LogP contribution in [0.4, 0.5) is 11.5 Å². The smallest absolute Gasteiger partial charge is 0.270 e. The Labute approximate surface area is 134 Å². The van der Waals surface area contributed by atoms with Crippen molar-refractivity contribution in [2.45, 2.75) is 6.92 Å². The topological polar surface area (TPSA) is 136 Å². The van der Waals surface area contributed by atoms with Gasteiger partial charge in [-0.2, -0.15) is 0 Å². The number of nitrogens with zero attached hydrogens (tertiary/aromatic N) is 3. The molecule has 122 valence electrons. The molecule has 1 aliphatic heterocycles. The van der Waals surface area contributed by atoms with Gasteiger partial charge in [0.05, 0.1) is 16.1 Å². The molecule has 0 atom stereocenters. The van der Waals surface area contributed by atoms with Crippen LogP contribution in [0.25, 0.3) is 0 Å². The maximum atomic E-state index is 12.2. The Hall–Kier alpha value is -3.56. The molecule has 2 heterocycles. The number of nitro groups is 1. The fourth-order valence-electron chi connectivity index (χ4n) is 2.29. The van der Waals surface area contributed by atoms with E-state index >= 15 is 0 Å². The van der Waals surface area contributed by atoms with Gasteiger partial charge in [-0.1, -0.05) is 5.16 Å². The largest absolute Gasteiger partial charge is 0.360 e. The molecule has 3 amide bonds. The summed E-state index contributed by atoms with van der Waals surface area (Å²) in [4.78, 5) is 47.2. The third kappa shape index (κ3) is 2.60. The van der Waals surface area contributed by atoms with Crippen LogP contribution < -0.4 is 5.32 Å². The molecule has 0 spiro atoms. The Morgan fingerprint density at radius 2 is 2.00 bits per heavy atom. The van der Waals surface area contributed by atoms with E-state index in [9.17, 15) is 24.5 Å². The SMILES string of the molecule is Cc1cc(NC(=O)CN2C(=O)c3ccc([N+](=O)[O-])cc3C2=O)no1. The number of imide groups is 1. The molecule has 1 aromatic heterocycles. The summed E-state index contributed by atoms with van der Waals surface area (Å²) in [5.41, 5.74) is -0.380. The first-order valence-electron chi connectivity index (χ1n) is 6.74. The number of benzene rings is 1. The number of carbonyl (C=O) groups excluding carboxylic acids is 3. The maximum Gasteiger partial charge on any atom is 0.270 e. The summed E-state index contributed by atoms with van der Waals surface area (Å²) in [6, 6.07) is 4.83. The zero-order valence-corrected chi connectivity index (χ0v) is 12.3. The summed E-state index contributed by atoms with van der Waals surface area (Å²) in [6.45, 7) is 1.10. The number of rotatable bonds is 4. The molecule has 10 nitrogen and oxygen atoms in total.